The van der Waals surface area contributed by atoms with Crippen LogP contribution in [0.15, 0.2) is 24.3 Å². The van der Waals surface area contributed by atoms with Crippen LogP contribution in [0.25, 0.3) is 0 Å². The molecule has 154 valence electrons. The Balaban J connectivity index is 1.35. The molecular formula is C21H26F3NO3. The van der Waals surface area contributed by atoms with Gasteiger partial charge in [-0.1, -0.05) is 12.1 Å². The van der Waals surface area contributed by atoms with E-state index in [1.807, 2.05) is 17.0 Å². The standard InChI is InChI=1S/C21H26F3NO3/c22-21(23,24)14-28-13-20(27)9-7-19(8-10-20)11-12-25(18(19)26)17-5-3-16(4-6-17)15-1-2-15/h3-6,15,27H,1-2,7-14H2. The van der Waals surface area contributed by atoms with Gasteiger partial charge in [0.2, 0.25) is 5.91 Å². The number of alkyl halides is 3. The van der Waals surface area contributed by atoms with Crippen molar-refractivity contribution >= 4 is 11.6 Å². The average Bonchev–Trinajstić information content (AvgIpc) is 3.44. The molecule has 1 N–H and O–H groups in total. The van der Waals surface area contributed by atoms with Crippen molar-refractivity contribution in [1.29, 1.82) is 0 Å². The molecule has 28 heavy (non-hydrogen) atoms. The number of carbonyl (C=O) groups excluding carboxylic acids is 1. The third-order valence-electron chi connectivity index (χ3n) is 6.54. The second kappa shape index (κ2) is 7.02. The molecule has 0 bridgehead atoms. The maximum absolute atomic E-state index is 13.1. The second-order valence-electron chi connectivity index (χ2n) is 8.69. The Morgan fingerprint density at radius 1 is 1.07 bits per heavy atom. The zero-order valence-corrected chi connectivity index (χ0v) is 15.8. The van der Waals surface area contributed by atoms with Gasteiger partial charge in [-0.3, -0.25) is 4.79 Å². The van der Waals surface area contributed by atoms with E-state index in [0.29, 0.717) is 25.3 Å². The van der Waals surface area contributed by atoms with Crippen LogP contribution in [-0.4, -0.2) is 42.5 Å². The van der Waals surface area contributed by atoms with Crippen LogP contribution in [0.3, 0.4) is 0 Å². The van der Waals surface area contributed by atoms with Crippen LogP contribution in [0, 0.1) is 5.41 Å². The van der Waals surface area contributed by atoms with Crippen molar-refractivity contribution < 1.29 is 27.8 Å². The number of nitrogens with zero attached hydrogens (tertiary/aromatic N) is 1. The summed E-state index contributed by atoms with van der Waals surface area (Å²) in [6.07, 6.45) is 0.319. The Labute approximate surface area is 162 Å². The molecule has 4 nitrogen and oxygen atoms in total. The van der Waals surface area contributed by atoms with E-state index < -0.39 is 23.8 Å². The second-order valence-corrected chi connectivity index (χ2v) is 8.69. The highest BCUT2D eigenvalue weighted by atomic mass is 19.4. The van der Waals surface area contributed by atoms with Gasteiger partial charge in [-0.2, -0.15) is 13.2 Å². The van der Waals surface area contributed by atoms with Gasteiger partial charge < -0.3 is 14.7 Å². The Kier molecular flexibility index (Phi) is 4.94. The molecule has 0 unspecified atom stereocenters. The lowest BCUT2D eigenvalue weighted by atomic mass is 9.68. The first-order chi connectivity index (χ1) is 13.2. The topological polar surface area (TPSA) is 49.8 Å². The predicted octanol–water partition coefficient (Wildman–Crippen LogP) is 4.17. The number of rotatable bonds is 5. The smallest absolute Gasteiger partial charge is 0.387 e. The van der Waals surface area contributed by atoms with Gasteiger partial charge in [0, 0.05) is 12.2 Å². The largest absolute Gasteiger partial charge is 0.411 e. The summed E-state index contributed by atoms with van der Waals surface area (Å²) in [6.45, 7) is -1.06. The third kappa shape index (κ3) is 4.06. The molecule has 1 aliphatic heterocycles. The molecule has 0 atom stereocenters. The summed E-state index contributed by atoms with van der Waals surface area (Å²) in [5.74, 6) is 0.746. The summed E-state index contributed by atoms with van der Waals surface area (Å²) in [7, 11) is 0. The fourth-order valence-corrected chi connectivity index (χ4v) is 4.57. The van der Waals surface area contributed by atoms with Gasteiger partial charge in [0.05, 0.1) is 17.6 Å². The van der Waals surface area contributed by atoms with Gasteiger partial charge in [-0.15, -0.1) is 0 Å². The van der Waals surface area contributed by atoms with Crippen LogP contribution in [0.4, 0.5) is 18.9 Å². The van der Waals surface area contributed by atoms with Gasteiger partial charge in [0.25, 0.3) is 0 Å². The first-order valence-corrected chi connectivity index (χ1v) is 9.99. The zero-order chi connectivity index (χ0) is 20.0. The van der Waals surface area contributed by atoms with Crippen LogP contribution in [0.1, 0.15) is 56.4 Å². The van der Waals surface area contributed by atoms with Crippen LogP contribution < -0.4 is 4.90 Å². The summed E-state index contributed by atoms with van der Waals surface area (Å²) < 4.78 is 41.4. The van der Waals surface area contributed by atoms with E-state index in [0.717, 1.165) is 12.1 Å². The molecule has 1 aromatic rings. The van der Waals surface area contributed by atoms with Gasteiger partial charge in [-0.25, -0.2) is 0 Å². The van der Waals surface area contributed by atoms with Crippen molar-refractivity contribution in [3.8, 4) is 0 Å². The van der Waals surface area contributed by atoms with Crippen molar-refractivity contribution in [2.75, 3.05) is 24.7 Å². The molecule has 2 saturated carbocycles. The van der Waals surface area contributed by atoms with E-state index in [1.54, 1.807) is 0 Å². The first-order valence-electron chi connectivity index (χ1n) is 9.99. The highest BCUT2D eigenvalue weighted by Crippen LogP contribution is 2.49. The summed E-state index contributed by atoms with van der Waals surface area (Å²) in [4.78, 5) is 15.0. The van der Waals surface area contributed by atoms with Gasteiger partial charge in [-0.05, 0) is 68.6 Å². The summed E-state index contributed by atoms with van der Waals surface area (Å²) in [5.41, 5.74) is 0.439. The predicted molar refractivity (Wildman–Crippen MR) is 98.1 cm³/mol. The van der Waals surface area contributed by atoms with E-state index in [9.17, 15) is 23.1 Å². The SMILES string of the molecule is O=C1N(c2ccc(C3CC3)cc2)CCC12CCC(O)(COCC(F)(F)F)CC2. The van der Waals surface area contributed by atoms with E-state index in [4.69, 9.17) is 0 Å². The number of ether oxygens (including phenoxy) is 1. The maximum Gasteiger partial charge on any atom is 0.411 e. The normalized spacial score (nSPS) is 31.0. The summed E-state index contributed by atoms with van der Waals surface area (Å²) in [6, 6.07) is 8.22. The highest BCUT2D eigenvalue weighted by Gasteiger charge is 2.51. The summed E-state index contributed by atoms with van der Waals surface area (Å²) >= 11 is 0. The molecule has 1 heterocycles. The van der Waals surface area contributed by atoms with Crippen LogP contribution >= 0.6 is 0 Å². The van der Waals surface area contributed by atoms with Crippen molar-refractivity contribution in [1.82, 2.24) is 0 Å². The van der Waals surface area contributed by atoms with Gasteiger partial charge in [0.15, 0.2) is 0 Å². The molecule has 2 aliphatic carbocycles. The Hall–Kier alpha value is -1.60. The Bertz CT molecular complexity index is 719. The van der Waals surface area contributed by atoms with Gasteiger partial charge >= 0.3 is 6.18 Å². The molecule has 1 spiro atoms. The van der Waals surface area contributed by atoms with Crippen LogP contribution in [0.2, 0.25) is 0 Å². The molecule has 3 fully saturated rings. The average molecular weight is 397 g/mol. The first kappa shape index (κ1) is 19.7. The zero-order valence-electron chi connectivity index (χ0n) is 15.8. The fourth-order valence-electron chi connectivity index (χ4n) is 4.57. The number of carbonyl (C=O) groups is 1. The number of aliphatic hydroxyl groups is 1. The highest BCUT2D eigenvalue weighted by molar-refractivity contribution is 6.00. The fraction of sp³-hybridized carbons (Fsp3) is 0.667. The molecule has 3 aliphatic rings. The number of benzene rings is 1. The molecule has 4 rings (SSSR count). The van der Waals surface area contributed by atoms with Crippen LogP contribution in [0.5, 0.6) is 0 Å². The number of halogens is 3. The third-order valence-corrected chi connectivity index (χ3v) is 6.54. The Morgan fingerprint density at radius 2 is 1.71 bits per heavy atom. The maximum atomic E-state index is 13.1. The lowest BCUT2D eigenvalue weighted by Gasteiger charge is -2.40. The minimum Gasteiger partial charge on any atom is -0.387 e. The Morgan fingerprint density at radius 3 is 2.29 bits per heavy atom. The molecule has 0 aromatic heterocycles. The lowest BCUT2D eigenvalue weighted by Crippen LogP contribution is -2.46. The van der Waals surface area contributed by atoms with Crippen molar-refractivity contribution in [2.45, 2.75) is 62.6 Å². The minimum atomic E-state index is -4.40. The van der Waals surface area contributed by atoms with Crippen molar-refractivity contribution in [2.24, 2.45) is 5.41 Å². The van der Waals surface area contributed by atoms with E-state index in [1.165, 1.54) is 18.4 Å². The minimum absolute atomic E-state index is 0.0740. The van der Waals surface area contributed by atoms with E-state index in [2.05, 4.69) is 16.9 Å². The van der Waals surface area contributed by atoms with Crippen molar-refractivity contribution in [3.05, 3.63) is 29.8 Å². The molecule has 1 amide bonds. The summed E-state index contributed by atoms with van der Waals surface area (Å²) in [5, 5.41) is 10.6. The van der Waals surface area contributed by atoms with Crippen molar-refractivity contribution in [3.63, 3.8) is 0 Å². The number of hydrogen-bond acceptors (Lipinski definition) is 3. The lowest BCUT2D eigenvalue weighted by molar-refractivity contribution is -0.191. The monoisotopic (exact) mass is 397 g/mol. The van der Waals surface area contributed by atoms with Crippen LogP contribution in [-0.2, 0) is 9.53 Å². The molecular weight excluding hydrogens is 371 g/mol. The number of anilines is 1. The molecule has 1 saturated heterocycles. The number of amides is 1. The molecule has 1 aromatic carbocycles. The van der Waals surface area contributed by atoms with E-state index in [-0.39, 0.29) is 25.4 Å². The quantitative estimate of drug-likeness (QED) is 0.811. The molecule has 0 radical (unpaired) electrons. The van der Waals surface area contributed by atoms with Gasteiger partial charge in [0.1, 0.15) is 6.61 Å². The van der Waals surface area contributed by atoms with E-state index >= 15 is 0 Å². The molecule has 7 heteroatoms. The number of hydrogen-bond donors (Lipinski definition) is 1.